The smallest absolute Gasteiger partial charge is 0.323 e. The molecule has 0 bridgehead atoms. The molecule has 1 fully saturated rings. The number of nitrogens with zero attached hydrogens (tertiary/aromatic N) is 2. The van der Waals surface area contributed by atoms with Crippen LogP contribution < -0.4 is 5.32 Å². The van der Waals surface area contributed by atoms with Crippen LogP contribution in [-0.2, 0) is 4.79 Å². The lowest BCUT2D eigenvalue weighted by atomic mass is 10.1. The van der Waals surface area contributed by atoms with Gasteiger partial charge in [-0.1, -0.05) is 0 Å². The van der Waals surface area contributed by atoms with Crippen molar-refractivity contribution in [3.05, 3.63) is 0 Å². The molecule has 1 aliphatic heterocycles. The third-order valence-corrected chi connectivity index (χ3v) is 3.16. The highest BCUT2D eigenvalue weighted by Gasteiger charge is 2.23. The third kappa shape index (κ3) is 4.52. The Morgan fingerprint density at radius 1 is 1.59 bits per heavy atom. The maximum absolute atomic E-state index is 11.6. The number of nitrogens with one attached hydrogen (secondary N) is 1. The van der Waals surface area contributed by atoms with E-state index in [2.05, 4.69) is 17.3 Å². The maximum Gasteiger partial charge on any atom is 0.323 e. The molecule has 0 saturated carbocycles. The van der Waals surface area contributed by atoms with Crippen LogP contribution in [0.15, 0.2) is 0 Å². The Balaban J connectivity index is 2.34. The zero-order valence-electron chi connectivity index (χ0n) is 10.6. The first-order valence-electron chi connectivity index (χ1n) is 5.78. The van der Waals surface area contributed by atoms with E-state index >= 15 is 0 Å². The Hall–Kier alpha value is -0.810. The van der Waals surface area contributed by atoms with Gasteiger partial charge in [-0.05, 0) is 32.9 Å². The summed E-state index contributed by atoms with van der Waals surface area (Å²) in [6.07, 6.45) is 1.09. The number of amides is 3. The number of hydrogen-bond acceptors (Lipinski definition) is 3. The molecule has 1 heterocycles. The average molecular weight is 262 g/mol. The Morgan fingerprint density at radius 2 is 2.24 bits per heavy atom. The zero-order chi connectivity index (χ0) is 13.0. The van der Waals surface area contributed by atoms with Crippen LogP contribution >= 0.6 is 11.6 Å². The van der Waals surface area contributed by atoms with Crippen molar-refractivity contribution in [1.82, 2.24) is 15.1 Å². The van der Waals surface area contributed by atoms with Crippen molar-refractivity contribution < 1.29 is 9.59 Å². The van der Waals surface area contributed by atoms with Crippen molar-refractivity contribution in [3.63, 3.8) is 0 Å². The van der Waals surface area contributed by atoms with Crippen molar-refractivity contribution in [2.45, 2.75) is 18.7 Å². The summed E-state index contributed by atoms with van der Waals surface area (Å²) >= 11 is 5.58. The normalized spacial score (nSPS) is 22.2. The van der Waals surface area contributed by atoms with E-state index in [9.17, 15) is 9.59 Å². The molecule has 5 nitrogen and oxygen atoms in total. The predicted octanol–water partition coefficient (Wildman–Crippen LogP) is 0.733. The minimum atomic E-state index is -0.690. The number of rotatable bonds is 3. The molecule has 1 saturated heterocycles. The van der Waals surface area contributed by atoms with Crippen molar-refractivity contribution >= 4 is 23.5 Å². The largest absolute Gasteiger partial charge is 0.327 e. The molecular formula is C11H20ClN3O2. The van der Waals surface area contributed by atoms with Gasteiger partial charge in [0.05, 0.1) is 0 Å². The second kappa shape index (κ2) is 6.21. The Kier molecular flexibility index (Phi) is 5.21. The lowest BCUT2D eigenvalue weighted by molar-refractivity contribution is -0.119. The molecule has 98 valence electrons. The molecule has 3 amide bonds. The summed E-state index contributed by atoms with van der Waals surface area (Å²) in [6, 6.07) is -0.378. The van der Waals surface area contributed by atoms with Crippen LogP contribution in [0.1, 0.15) is 13.3 Å². The van der Waals surface area contributed by atoms with Crippen LogP contribution in [-0.4, -0.2) is 60.8 Å². The second-order valence-electron chi connectivity index (χ2n) is 4.71. The Labute approximate surface area is 107 Å². The van der Waals surface area contributed by atoms with E-state index in [0.29, 0.717) is 12.5 Å². The van der Waals surface area contributed by atoms with Gasteiger partial charge in [-0.3, -0.25) is 10.1 Å². The van der Waals surface area contributed by atoms with E-state index in [-0.39, 0.29) is 6.03 Å². The molecule has 17 heavy (non-hydrogen) atoms. The number of likely N-dealkylation sites (tertiary alicyclic amines) is 1. The topological polar surface area (TPSA) is 52.7 Å². The number of urea groups is 1. The highest BCUT2D eigenvalue weighted by Crippen LogP contribution is 2.15. The van der Waals surface area contributed by atoms with Crippen LogP contribution in [0.5, 0.6) is 0 Å². The summed E-state index contributed by atoms with van der Waals surface area (Å²) in [7, 11) is 3.76. The van der Waals surface area contributed by atoms with Crippen LogP contribution in [0, 0.1) is 5.92 Å². The quantitative estimate of drug-likeness (QED) is 0.763. The van der Waals surface area contributed by atoms with Gasteiger partial charge in [-0.15, -0.1) is 11.6 Å². The molecule has 2 unspecified atom stereocenters. The second-order valence-corrected chi connectivity index (χ2v) is 5.36. The molecule has 1 rings (SSSR count). The average Bonchev–Trinajstić information content (AvgIpc) is 2.63. The fraction of sp³-hybridized carbons (Fsp3) is 0.818. The van der Waals surface area contributed by atoms with Gasteiger partial charge in [0.1, 0.15) is 5.38 Å². The molecule has 0 aromatic rings. The molecule has 0 aromatic heterocycles. The van der Waals surface area contributed by atoms with Gasteiger partial charge in [0, 0.05) is 20.1 Å². The van der Waals surface area contributed by atoms with Crippen LogP contribution in [0.2, 0.25) is 0 Å². The summed E-state index contributed by atoms with van der Waals surface area (Å²) in [4.78, 5) is 26.7. The highest BCUT2D eigenvalue weighted by molar-refractivity contribution is 6.31. The molecule has 1 aliphatic rings. The number of imide groups is 1. The first-order chi connectivity index (χ1) is 7.90. The fourth-order valence-electron chi connectivity index (χ4n) is 1.95. The Morgan fingerprint density at radius 3 is 2.71 bits per heavy atom. The molecule has 0 aliphatic carbocycles. The van der Waals surface area contributed by atoms with Crippen LogP contribution in [0.25, 0.3) is 0 Å². The lowest BCUT2D eigenvalue weighted by Crippen LogP contribution is -2.45. The minimum Gasteiger partial charge on any atom is -0.327 e. The van der Waals surface area contributed by atoms with E-state index in [4.69, 9.17) is 11.6 Å². The standard InChI is InChI=1S/C11H20ClN3O2/c1-8(12)10(16)13-11(17)15(3)7-9-4-5-14(2)6-9/h8-9H,4-7H2,1-3H3,(H,13,16,17). The highest BCUT2D eigenvalue weighted by atomic mass is 35.5. The predicted molar refractivity (Wildman–Crippen MR) is 67.1 cm³/mol. The molecule has 0 aromatic carbocycles. The molecular weight excluding hydrogens is 242 g/mol. The SMILES string of the molecule is CC(Cl)C(=O)NC(=O)N(C)CC1CCN(C)C1. The first-order valence-corrected chi connectivity index (χ1v) is 6.22. The van der Waals surface area contributed by atoms with Gasteiger partial charge in [-0.2, -0.15) is 0 Å². The van der Waals surface area contributed by atoms with E-state index < -0.39 is 11.3 Å². The van der Waals surface area contributed by atoms with E-state index in [0.717, 1.165) is 19.5 Å². The van der Waals surface area contributed by atoms with Crippen molar-refractivity contribution in [2.24, 2.45) is 5.92 Å². The first kappa shape index (κ1) is 14.3. The Bertz CT molecular complexity index is 296. The van der Waals surface area contributed by atoms with Crippen molar-refractivity contribution in [3.8, 4) is 0 Å². The van der Waals surface area contributed by atoms with E-state index in [1.807, 2.05) is 0 Å². The van der Waals surface area contributed by atoms with E-state index in [1.54, 1.807) is 11.9 Å². The van der Waals surface area contributed by atoms with Crippen LogP contribution in [0.4, 0.5) is 4.79 Å². The summed E-state index contributed by atoms with van der Waals surface area (Å²) in [5.41, 5.74) is 0. The molecule has 0 spiro atoms. The number of hydrogen-bond donors (Lipinski definition) is 1. The molecule has 6 heteroatoms. The van der Waals surface area contributed by atoms with Crippen LogP contribution in [0.3, 0.4) is 0 Å². The van der Waals surface area contributed by atoms with Gasteiger partial charge >= 0.3 is 6.03 Å². The van der Waals surface area contributed by atoms with Gasteiger partial charge in [0.25, 0.3) is 0 Å². The monoisotopic (exact) mass is 261 g/mol. The molecule has 2 atom stereocenters. The van der Waals surface area contributed by atoms with E-state index in [1.165, 1.54) is 6.92 Å². The minimum absolute atomic E-state index is 0.378. The fourth-order valence-corrected chi connectivity index (χ4v) is 2.00. The molecule has 0 radical (unpaired) electrons. The van der Waals surface area contributed by atoms with Crippen molar-refractivity contribution in [2.75, 3.05) is 33.7 Å². The summed E-state index contributed by atoms with van der Waals surface area (Å²) < 4.78 is 0. The van der Waals surface area contributed by atoms with Crippen molar-refractivity contribution in [1.29, 1.82) is 0 Å². The van der Waals surface area contributed by atoms with Gasteiger partial charge in [-0.25, -0.2) is 4.79 Å². The van der Waals surface area contributed by atoms with Gasteiger partial charge < -0.3 is 9.80 Å². The number of halogens is 1. The summed E-state index contributed by atoms with van der Waals surface area (Å²) in [5.74, 6) is 0.0336. The number of carbonyl (C=O) groups excluding carboxylic acids is 2. The summed E-state index contributed by atoms with van der Waals surface area (Å²) in [5, 5.41) is 1.58. The maximum atomic E-state index is 11.6. The molecule has 1 N–H and O–H groups in total. The van der Waals surface area contributed by atoms with Gasteiger partial charge in [0.2, 0.25) is 5.91 Å². The number of alkyl halides is 1. The number of carbonyl (C=O) groups is 2. The van der Waals surface area contributed by atoms with Gasteiger partial charge in [0.15, 0.2) is 0 Å². The lowest BCUT2D eigenvalue weighted by Gasteiger charge is -2.21. The zero-order valence-corrected chi connectivity index (χ0v) is 11.3. The summed E-state index contributed by atoms with van der Waals surface area (Å²) in [6.45, 7) is 4.27. The third-order valence-electron chi connectivity index (χ3n) is 2.96.